The molecule has 0 bridgehead atoms. The monoisotopic (exact) mass is 592 g/mol. The second-order valence-electron chi connectivity index (χ2n) is 11.0. The summed E-state index contributed by atoms with van der Waals surface area (Å²) in [5, 5.41) is 3.24. The van der Waals surface area contributed by atoms with Crippen molar-refractivity contribution in [3.05, 3.63) is 125 Å². The predicted octanol–water partition coefficient (Wildman–Crippen LogP) is 6.88. The zero-order chi connectivity index (χ0) is 31.5. The Balaban J connectivity index is 1.37. The number of nitrogens with zero attached hydrogens (tertiary/aromatic N) is 1. The zero-order valence-corrected chi connectivity index (χ0v) is 25.8. The number of hydrogen-bond donors (Lipinski definition) is 1. The van der Waals surface area contributed by atoms with Crippen LogP contribution in [0.4, 0.5) is 11.4 Å². The molecule has 4 aromatic rings. The first-order valence-electron chi connectivity index (χ1n) is 14.9. The Hall–Kier alpha value is -4.91. The Morgan fingerprint density at radius 3 is 2.14 bits per heavy atom. The maximum Gasteiger partial charge on any atom is 0.328 e. The summed E-state index contributed by atoms with van der Waals surface area (Å²) in [5.74, 6) is 0.118. The van der Waals surface area contributed by atoms with Crippen molar-refractivity contribution in [3.8, 4) is 5.75 Å². The minimum absolute atomic E-state index is 0.0824. The lowest BCUT2D eigenvalue weighted by atomic mass is 10.00. The molecule has 1 unspecified atom stereocenters. The van der Waals surface area contributed by atoms with E-state index in [4.69, 9.17) is 9.47 Å². The molecule has 0 aliphatic heterocycles. The van der Waals surface area contributed by atoms with Crippen LogP contribution in [0.3, 0.4) is 0 Å². The smallest absolute Gasteiger partial charge is 0.328 e. The van der Waals surface area contributed by atoms with E-state index in [1.807, 2.05) is 98.5 Å². The Morgan fingerprint density at radius 1 is 0.818 bits per heavy atom. The van der Waals surface area contributed by atoms with Crippen molar-refractivity contribution in [2.45, 2.75) is 39.7 Å². The van der Waals surface area contributed by atoms with Crippen molar-refractivity contribution >= 4 is 29.0 Å². The lowest BCUT2D eigenvalue weighted by molar-refractivity contribution is -0.141. The second kappa shape index (κ2) is 15.5. The molecule has 7 nitrogen and oxygen atoms in total. The van der Waals surface area contributed by atoms with Crippen LogP contribution in [0.2, 0.25) is 0 Å². The highest BCUT2D eigenvalue weighted by Crippen LogP contribution is 2.23. The van der Waals surface area contributed by atoms with Crippen molar-refractivity contribution < 1.29 is 23.9 Å². The minimum Gasteiger partial charge on any atom is -0.494 e. The molecule has 0 saturated carbocycles. The first-order valence-corrected chi connectivity index (χ1v) is 14.9. The molecule has 0 aliphatic rings. The van der Waals surface area contributed by atoms with Gasteiger partial charge in [0.05, 0.1) is 13.7 Å². The molecule has 4 aromatic carbocycles. The Kier molecular flexibility index (Phi) is 11.3. The number of methoxy groups -OCH3 is 1. The van der Waals surface area contributed by atoms with Crippen molar-refractivity contribution in [1.29, 1.82) is 0 Å². The molecule has 0 saturated heterocycles. The molecule has 1 N–H and O–H groups in total. The number of ether oxygens (including phenoxy) is 2. The van der Waals surface area contributed by atoms with Crippen molar-refractivity contribution in [2.75, 3.05) is 30.5 Å². The fourth-order valence-corrected chi connectivity index (χ4v) is 4.85. The maximum atomic E-state index is 13.2. The largest absolute Gasteiger partial charge is 0.494 e. The summed E-state index contributed by atoms with van der Waals surface area (Å²) in [4.78, 5) is 40.6. The number of benzene rings is 4. The molecule has 0 aliphatic carbocycles. The summed E-state index contributed by atoms with van der Waals surface area (Å²) < 4.78 is 11.1. The molecule has 44 heavy (non-hydrogen) atoms. The van der Waals surface area contributed by atoms with Crippen LogP contribution in [0.5, 0.6) is 5.75 Å². The average Bonchev–Trinajstić information content (AvgIpc) is 3.05. The van der Waals surface area contributed by atoms with Crippen LogP contribution >= 0.6 is 0 Å². The Morgan fingerprint density at radius 2 is 1.48 bits per heavy atom. The van der Waals surface area contributed by atoms with Crippen LogP contribution in [-0.2, 0) is 20.7 Å². The van der Waals surface area contributed by atoms with Crippen molar-refractivity contribution in [1.82, 2.24) is 0 Å². The van der Waals surface area contributed by atoms with E-state index >= 15 is 0 Å². The van der Waals surface area contributed by atoms with Gasteiger partial charge in [-0.2, -0.15) is 0 Å². The molecule has 0 radical (unpaired) electrons. The number of nitrogens with one attached hydrogen (secondary N) is 1. The highest BCUT2D eigenvalue weighted by molar-refractivity contribution is 6.12. The summed E-state index contributed by atoms with van der Waals surface area (Å²) in [6.07, 6.45) is 1.02. The number of aryl methyl sites for hydroxylation is 1. The first-order chi connectivity index (χ1) is 21.3. The highest BCUT2D eigenvalue weighted by atomic mass is 16.5. The van der Waals surface area contributed by atoms with Gasteiger partial charge in [0.2, 0.25) is 5.91 Å². The van der Waals surface area contributed by atoms with Crippen LogP contribution < -0.4 is 15.0 Å². The molecule has 0 fully saturated rings. The summed E-state index contributed by atoms with van der Waals surface area (Å²) in [5.41, 5.74) is 4.55. The van der Waals surface area contributed by atoms with E-state index in [0.29, 0.717) is 48.6 Å². The molecular formula is C37H40N2O5. The second-order valence-corrected chi connectivity index (χ2v) is 11.0. The van der Waals surface area contributed by atoms with E-state index in [9.17, 15) is 14.4 Å². The van der Waals surface area contributed by atoms with Crippen LogP contribution in [-0.4, -0.2) is 44.0 Å². The van der Waals surface area contributed by atoms with Crippen molar-refractivity contribution in [3.63, 3.8) is 0 Å². The highest BCUT2D eigenvalue weighted by Gasteiger charge is 2.23. The van der Waals surface area contributed by atoms with Gasteiger partial charge in [-0.3, -0.25) is 9.59 Å². The van der Waals surface area contributed by atoms with Gasteiger partial charge in [0.1, 0.15) is 11.8 Å². The SMILES string of the molecule is COC(=O)C(Cc1ccc(OCCCN(C(=O)C(C)C)c2ccc(C)cc2)cc1)Nc1ccccc1C(=O)c1ccccc1. The fourth-order valence-electron chi connectivity index (χ4n) is 4.85. The Labute approximate surface area is 259 Å². The number of hydrogen-bond acceptors (Lipinski definition) is 6. The number of anilines is 2. The van der Waals surface area contributed by atoms with Crippen molar-refractivity contribution in [2.24, 2.45) is 5.92 Å². The third-order valence-electron chi connectivity index (χ3n) is 7.29. The number of rotatable bonds is 14. The van der Waals surface area contributed by atoms with Gasteiger partial charge in [-0.1, -0.05) is 86.1 Å². The molecule has 1 amide bonds. The van der Waals surface area contributed by atoms with Gasteiger partial charge in [-0.25, -0.2) is 4.79 Å². The number of carbonyl (C=O) groups excluding carboxylic acids is 3. The molecule has 0 heterocycles. The van der Waals surface area contributed by atoms with Gasteiger partial charge in [0.25, 0.3) is 0 Å². The van der Waals surface area contributed by atoms with E-state index in [1.165, 1.54) is 7.11 Å². The van der Waals surface area contributed by atoms with E-state index in [2.05, 4.69) is 5.32 Å². The summed E-state index contributed by atoms with van der Waals surface area (Å²) >= 11 is 0. The topological polar surface area (TPSA) is 84.9 Å². The van der Waals surface area contributed by atoms with Crippen LogP contribution in [0.1, 0.15) is 47.3 Å². The molecule has 0 spiro atoms. The minimum atomic E-state index is -0.706. The first kappa shape index (κ1) is 32.0. The summed E-state index contributed by atoms with van der Waals surface area (Å²) in [6.45, 7) is 6.85. The summed E-state index contributed by atoms with van der Waals surface area (Å²) in [6, 6.07) is 31.0. The lowest BCUT2D eigenvalue weighted by Crippen LogP contribution is -2.35. The van der Waals surface area contributed by atoms with Crippen LogP contribution in [0.25, 0.3) is 0 Å². The normalized spacial score (nSPS) is 11.5. The number of ketones is 1. The van der Waals surface area contributed by atoms with Crippen LogP contribution in [0, 0.1) is 12.8 Å². The van der Waals surface area contributed by atoms with E-state index in [-0.39, 0.29) is 17.6 Å². The number of para-hydroxylation sites is 1. The molecule has 7 heteroatoms. The third-order valence-corrected chi connectivity index (χ3v) is 7.29. The van der Waals surface area contributed by atoms with Gasteiger partial charge in [0, 0.05) is 41.4 Å². The van der Waals surface area contributed by atoms with Crippen LogP contribution in [0.15, 0.2) is 103 Å². The fraction of sp³-hybridized carbons (Fsp3) is 0.270. The average molecular weight is 593 g/mol. The molecule has 0 aromatic heterocycles. The van der Waals surface area contributed by atoms with Gasteiger partial charge >= 0.3 is 5.97 Å². The molecule has 228 valence electrons. The lowest BCUT2D eigenvalue weighted by Gasteiger charge is -2.25. The number of carbonyl (C=O) groups is 3. The number of amides is 1. The quantitative estimate of drug-likeness (QED) is 0.0976. The summed E-state index contributed by atoms with van der Waals surface area (Å²) in [7, 11) is 1.35. The molecule has 1 atom stereocenters. The molecular weight excluding hydrogens is 552 g/mol. The maximum absolute atomic E-state index is 13.2. The molecule has 4 rings (SSSR count). The van der Waals surface area contributed by atoms with Gasteiger partial charge in [0.15, 0.2) is 5.78 Å². The van der Waals surface area contributed by atoms with E-state index < -0.39 is 12.0 Å². The predicted molar refractivity (Wildman–Crippen MR) is 174 cm³/mol. The third kappa shape index (κ3) is 8.57. The van der Waals surface area contributed by atoms with E-state index in [0.717, 1.165) is 16.8 Å². The Bertz CT molecular complexity index is 1530. The number of esters is 1. The van der Waals surface area contributed by atoms with Gasteiger partial charge < -0.3 is 19.7 Å². The standard InChI is InChI=1S/C37H40N2O5/c1-26(2)36(41)39(30-19-15-27(3)16-20-30)23-10-24-44-31-21-17-28(18-22-31)25-34(37(42)43-4)38-33-14-9-8-13-32(33)35(40)29-11-6-5-7-12-29/h5-9,11-22,26,34,38H,10,23-25H2,1-4H3. The van der Waals surface area contributed by atoms with Gasteiger partial charge in [-0.15, -0.1) is 0 Å². The van der Waals surface area contributed by atoms with E-state index in [1.54, 1.807) is 30.3 Å². The van der Waals surface area contributed by atoms with Gasteiger partial charge in [-0.05, 0) is 55.3 Å². The zero-order valence-electron chi connectivity index (χ0n) is 25.8.